The first kappa shape index (κ1) is 18.3. The fourth-order valence-electron chi connectivity index (χ4n) is 3.36. The number of hydrogen-bond acceptors (Lipinski definition) is 4. The predicted molar refractivity (Wildman–Crippen MR) is 102 cm³/mol. The van der Waals surface area contributed by atoms with E-state index in [9.17, 15) is 9.59 Å². The summed E-state index contributed by atoms with van der Waals surface area (Å²) in [6.07, 6.45) is 0. The van der Waals surface area contributed by atoms with Crippen LogP contribution in [0.4, 0.5) is 5.69 Å². The van der Waals surface area contributed by atoms with E-state index in [4.69, 9.17) is 22.1 Å². The van der Waals surface area contributed by atoms with Gasteiger partial charge in [0.2, 0.25) is 0 Å². The molecule has 0 radical (unpaired) electrons. The molecule has 2 N–H and O–H groups in total. The number of ether oxygens (including phenoxy) is 1. The second-order valence-corrected chi connectivity index (χ2v) is 7.16. The summed E-state index contributed by atoms with van der Waals surface area (Å²) >= 11 is 6.30. The molecule has 2 aromatic carbocycles. The van der Waals surface area contributed by atoms with Crippen molar-refractivity contribution in [2.24, 2.45) is 5.92 Å². The molecule has 1 amide bonds. The van der Waals surface area contributed by atoms with Crippen LogP contribution in [0.25, 0.3) is 11.1 Å². The van der Waals surface area contributed by atoms with Gasteiger partial charge in [-0.25, -0.2) is 4.79 Å². The molecule has 1 heterocycles. The largest absolute Gasteiger partial charge is 0.467 e. The Kier molecular flexibility index (Phi) is 4.92. The number of hydrogen-bond donors (Lipinski definition) is 1. The first-order valence-electron chi connectivity index (χ1n) is 8.40. The Morgan fingerprint density at radius 3 is 2.54 bits per heavy atom. The van der Waals surface area contributed by atoms with E-state index >= 15 is 0 Å². The van der Waals surface area contributed by atoms with Crippen LogP contribution in [0, 0.1) is 5.92 Å². The number of amides is 1. The Morgan fingerprint density at radius 1 is 1.19 bits per heavy atom. The summed E-state index contributed by atoms with van der Waals surface area (Å²) < 4.78 is 4.89. The lowest BCUT2D eigenvalue weighted by Gasteiger charge is -2.28. The number of methoxy groups -OCH3 is 1. The van der Waals surface area contributed by atoms with Crippen LogP contribution in [0.2, 0.25) is 5.02 Å². The molecular formula is C20H21ClN2O3. The van der Waals surface area contributed by atoms with Crippen LogP contribution in [0.3, 0.4) is 0 Å². The van der Waals surface area contributed by atoms with Gasteiger partial charge in [0.05, 0.1) is 12.1 Å². The third kappa shape index (κ3) is 3.15. The Hall–Kier alpha value is -2.53. The van der Waals surface area contributed by atoms with E-state index < -0.39 is 12.0 Å². The topological polar surface area (TPSA) is 72.6 Å². The molecule has 1 aliphatic heterocycles. The Labute approximate surface area is 157 Å². The molecule has 0 spiro atoms. The van der Waals surface area contributed by atoms with E-state index in [0.717, 1.165) is 16.7 Å². The lowest BCUT2D eigenvalue weighted by atomic mass is 10.00. The molecule has 0 aliphatic carbocycles. The van der Waals surface area contributed by atoms with Crippen LogP contribution < -0.4 is 5.73 Å². The van der Waals surface area contributed by atoms with E-state index in [2.05, 4.69) is 0 Å². The van der Waals surface area contributed by atoms with Crippen LogP contribution in [0.1, 0.15) is 29.8 Å². The van der Waals surface area contributed by atoms with Crippen LogP contribution in [0.15, 0.2) is 36.4 Å². The molecule has 136 valence electrons. The lowest BCUT2D eigenvalue weighted by Crippen LogP contribution is -2.45. The monoisotopic (exact) mass is 372 g/mol. The standard InChI is InChI=1S/C20H21ClN2O3/c1-11(2)18(20(25)26-3)23-10-13-5-4-12(8-16(13)19(23)24)15-7-6-14(22)9-17(15)21/h4-9,11,18H,10,22H2,1-3H3/t18-/m0/s1. The van der Waals surface area contributed by atoms with Crippen molar-refractivity contribution in [3.63, 3.8) is 0 Å². The van der Waals surface area contributed by atoms with E-state index in [1.54, 1.807) is 17.0 Å². The van der Waals surface area contributed by atoms with Gasteiger partial charge in [0.25, 0.3) is 5.91 Å². The number of nitrogen functional groups attached to an aromatic ring is 1. The first-order valence-corrected chi connectivity index (χ1v) is 8.78. The average molecular weight is 373 g/mol. The summed E-state index contributed by atoms with van der Waals surface area (Å²) in [6.45, 7) is 4.19. The molecule has 26 heavy (non-hydrogen) atoms. The van der Waals surface area contributed by atoms with Gasteiger partial charge in [-0.3, -0.25) is 4.79 Å². The van der Waals surface area contributed by atoms with E-state index in [1.165, 1.54) is 7.11 Å². The number of carbonyl (C=O) groups excluding carboxylic acids is 2. The number of halogens is 1. The highest BCUT2D eigenvalue weighted by Crippen LogP contribution is 2.34. The minimum absolute atomic E-state index is 0.0493. The molecule has 1 aliphatic rings. The summed E-state index contributed by atoms with van der Waals surface area (Å²) in [7, 11) is 1.34. The molecule has 0 fully saturated rings. The molecule has 0 saturated carbocycles. The molecular weight excluding hydrogens is 352 g/mol. The Morgan fingerprint density at radius 2 is 1.92 bits per heavy atom. The van der Waals surface area contributed by atoms with E-state index in [0.29, 0.717) is 22.8 Å². The van der Waals surface area contributed by atoms with E-state index in [1.807, 2.05) is 38.1 Å². The van der Waals surface area contributed by atoms with Crippen molar-refractivity contribution in [1.82, 2.24) is 4.90 Å². The molecule has 5 nitrogen and oxygen atoms in total. The lowest BCUT2D eigenvalue weighted by molar-refractivity contribution is -0.147. The van der Waals surface area contributed by atoms with Crippen molar-refractivity contribution in [2.45, 2.75) is 26.4 Å². The summed E-state index contributed by atoms with van der Waals surface area (Å²) in [5.74, 6) is -0.618. The maximum Gasteiger partial charge on any atom is 0.328 e. The number of carbonyl (C=O) groups is 2. The van der Waals surface area contributed by atoms with Gasteiger partial charge in [-0.1, -0.05) is 43.6 Å². The average Bonchev–Trinajstić information content (AvgIpc) is 2.91. The molecule has 0 saturated heterocycles. The minimum atomic E-state index is -0.608. The number of rotatable bonds is 4. The van der Waals surface area contributed by atoms with E-state index in [-0.39, 0.29) is 11.8 Å². The molecule has 0 unspecified atom stereocenters. The fourth-order valence-corrected chi connectivity index (χ4v) is 3.66. The second kappa shape index (κ2) is 7.00. The molecule has 6 heteroatoms. The van der Waals surface area contributed by atoms with Crippen molar-refractivity contribution in [1.29, 1.82) is 0 Å². The fraction of sp³-hybridized carbons (Fsp3) is 0.300. The van der Waals surface area contributed by atoms with Crippen molar-refractivity contribution >= 4 is 29.2 Å². The van der Waals surface area contributed by atoms with Gasteiger partial charge in [0.15, 0.2) is 0 Å². The minimum Gasteiger partial charge on any atom is -0.467 e. The van der Waals surface area contributed by atoms with Crippen molar-refractivity contribution < 1.29 is 14.3 Å². The zero-order chi connectivity index (χ0) is 19.0. The Bertz CT molecular complexity index is 879. The van der Waals surface area contributed by atoms with Crippen molar-refractivity contribution in [3.05, 3.63) is 52.5 Å². The number of nitrogens with zero attached hydrogens (tertiary/aromatic N) is 1. The first-order chi connectivity index (χ1) is 12.3. The third-order valence-electron chi connectivity index (χ3n) is 4.66. The summed E-state index contributed by atoms with van der Waals surface area (Å²) in [5.41, 5.74) is 9.45. The highest BCUT2D eigenvalue weighted by atomic mass is 35.5. The maximum absolute atomic E-state index is 13.0. The predicted octanol–water partition coefficient (Wildman–Crippen LogP) is 3.74. The molecule has 2 aromatic rings. The SMILES string of the molecule is COC(=O)[C@H](C(C)C)N1Cc2ccc(-c3ccc(N)cc3Cl)cc2C1=O. The maximum atomic E-state index is 13.0. The second-order valence-electron chi connectivity index (χ2n) is 6.76. The van der Waals surface area contributed by atoms with Gasteiger partial charge in [-0.2, -0.15) is 0 Å². The normalized spacial score (nSPS) is 14.5. The number of fused-ring (bicyclic) bond motifs is 1. The van der Waals surface area contributed by atoms with Gasteiger partial charge in [-0.15, -0.1) is 0 Å². The molecule has 1 atom stereocenters. The van der Waals surface area contributed by atoms with Crippen LogP contribution in [-0.2, 0) is 16.1 Å². The quantitative estimate of drug-likeness (QED) is 0.655. The summed E-state index contributed by atoms with van der Waals surface area (Å²) in [4.78, 5) is 26.7. The Balaban J connectivity index is 1.97. The van der Waals surface area contributed by atoms with Crippen LogP contribution >= 0.6 is 11.6 Å². The molecule has 3 rings (SSSR count). The highest BCUT2D eigenvalue weighted by molar-refractivity contribution is 6.33. The number of benzene rings is 2. The van der Waals surface area contributed by atoms with Gasteiger partial charge >= 0.3 is 5.97 Å². The van der Waals surface area contributed by atoms with Crippen molar-refractivity contribution in [3.8, 4) is 11.1 Å². The van der Waals surface area contributed by atoms with Crippen LogP contribution in [-0.4, -0.2) is 29.9 Å². The molecule has 0 bridgehead atoms. The van der Waals surface area contributed by atoms with Gasteiger partial charge in [0, 0.05) is 23.4 Å². The van der Waals surface area contributed by atoms with Crippen LogP contribution in [0.5, 0.6) is 0 Å². The van der Waals surface area contributed by atoms with Gasteiger partial charge in [-0.05, 0) is 35.2 Å². The van der Waals surface area contributed by atoms with Gasteiger partial charge < -0.3 is 15.4 Å². The van der Waals surface area contributed by atoms with Crippen molar-refractivity contribution in [2.75, 3.05) is 12.8 Å². The smallest absolute Gasteiger partial charge is 0.328 e. The summed E-state index contributed by atoms with van der Waals surface area (Å²) in [6, 6.07) is 10.3. The molecule has 0 aromatic heterocycles. The number of anilines is 1. The highest BCUT2D eigenvalue weighted by Gasteiger charge is 2.38. The number of nitrogens with two attached hydrogens (primary N) is 1. The number of esters is 1. The third-order valence-corrected chi connectivity index (χ3v) is 4.97. The van der Waals surface area contributed by atoms with Gasteiger partial charge in [0.1, 0.15) is 6.04 Å². The zero-order valence-corrected chi connectivity index (χ0v) is 15.7. The summed E-state index contributed by atoms with van der Waals surface area (Å²) in [5, 5.41) is 0.530. The zero-order valence-electron chi connectivity index (χ0n) is 15.0.